The van der Waals surface area contributed by atoms with E-state index in [2.05, 4.69) is 53.3 Å². The number of benzene rings is 1. The fraction of sp³-hybridized carbons (Fsp3) is 0.286. The van der Waals surface area contributed by atoms with Gasteiger partial charge in [0.25, 0.3) is 0 Å². The van der Waals surface area contributed by atoms with Crippen LogP contribution >= 0.6 is 11.3 Å². The third-order valence-corrected chi connectivity index (χ3v) is 3.31. The predicted octanol–water partition coefficient (Wildman–Crippen LogP) is 3.39. The molecular weight excluding hydrogens is 214 g/mol. The Kier molecular flexibility index (Phi) is 4.14. The molecule has 0 fully saturated rings. The van der Waals surface area contributed by atoms with Crippen LogP contribution in [0.1, 0.15) is 16.7 Å². The summed E-state index contributed by atoms with van der Waals surface area (Å²) in [5.41, 5.74) is 4.14. The monoisotopic (exact) mass is 231 g/mol. The summed E-state index contributed by atoms with van der Waals surface area (Å²) >= 11 is 1.76. The van der Waals surface area contributed by atoms with Crippen molar-refractivity contribution < 1.29 is 0 Å². The molecule has 1 aromatic carbocycles. The second kappa shape index (κ2) is 5.83. The summed E-state index contributed by atoms with van der Waals surface area (Å²) in [5, 5.41) is 7.78. The highest BCUT2D eigenvalue weighted by atomic mass is 32.1. The van der Waals surface area contributed by atoms with Gasteiger partial charge in [0.1, 0.15) is 0 Å². The largest absolute Gasteiger partial charge is 0.312 e. The molecule has 2 rings (SSSR count). The van der Waals surface area contributed by atoms with Gasteiger partial charge in [0, 0.05) is 6.54 Å². The second-order valence-electron chi connectivity index (χ2n) is 4.05. The molecule has 1 nitrogen and oxygen atoms in total. The van der Waals surface area contributed by atoms with Crippen LogP contribution in [0.15, 0.2) is 41.1 Å². The maximum absolute atomic E-state index is 3.46. The molecule has 0 aliphatic carbocycles. The van der Waals surface area contributed by atoms with Gasteiger partial charge in [0.15, 0.2) is 0 Å². The lowest BCUT2D eigenvalue weighted by atomic mass is 10.1. The third kappa shape index (κ3) is 3.47. The molecule has 0 radical (unpaired) electrons. The van der Waals surface area contributed by atoms with E-state index in [9.17, 15) is 0 Å². The number of hydrogen-bond donors (Lipinski definition) is 1. The molecule has 0 bridgehead atoms. The first kappa shape index (κ1) is 11.4. The lowest BCUT2D eigenvalue weighted by Gasteiger charge is -2.04. The standard InChI is InChI=1S/C14H17NS/c1-12-3-2-4-13(9-12)5-7-15-10-14-6-8-16-11-14/h2-4,6,8-9,11,15H,5,7,10H2,1H3. The van der Waals surface area contributed by atoms with Crippen LogP contribution in [0.3, 0.4) is 0 Å². The summed E-state index contributed by atoms with van der Waals surface area (Å²) in [7, 11) is 0. The predicted molar refractivity (Wildman–Crippen MR) is 70.9 cm³/mol. The molecule has 84 valence electrons. The zero-order chi connectivity index (χ0) is 11.2. The molecule has 1 heterocycles. The number of nitrogens with one attached hydrogen (secondary N) is 1. The molecule has 0 saturated carbocycles. The van der Waals surface area contributed by atoms with E-state index in [0.29, 0.717) is 0 Å². The first-order valence-electron chi connectivity index (χ1n) is 5.62. The summed E-state index contributed by atoms with van der Waals surface area (Å²) in [4.78, 5) is 0. The summed E-state index contributed by atoms with van der Waals surface area (Å²) in [5.74, 6) is 0. The van der Waals surface area contributed by atoms with Crippen molar-refractivity contribution >= 4 is 11.3 Å². The topological polar surface area (TPSA) is 12.0 Å². The average Bonchev–Trinajstić information content (AvgIpc) is 2.77. The van der Waals surface area contributed by atoms with Crippen LogP contribution in [-0.2, 0) is 13.0 Å². The van der Waals surface area contributed by atoms with Gasteiger partial charge in [0.05, 0.1) is 0 Å². The molecule has 1 aromatic heterocycles. The molecule has 0 aliphatic rings. The Morgan fingerprint density at radius 1 is 1.19 bits per heavy atom. The third-order valence-electron chi connectivity index (χ3n) is 2.58. The lowest BCUT2D eigenvalue weighted by Crippen LogP contribution is -2.16. The van der Waals surface area contributed by atoms with E-state index < -0.39 is 0 Å². The lowest BCUT2D eigenvalue weighted by molar-refractivity contribution is 0.688. The molecule has 2 heteroatoms. The van der Waals surface area contributed by atoms with Gasteiger partial charge in [-0.2, -0.15) is 11.3 Å². The number of hydrogen-bond acceptors (Lipinski definition) is 2. The number of rotatable bonds is 5. The van der Waals surface area contributed by atoms with E-state index >= 15 is 0 Å². The first-order valence-corrected chi connectivity index (χ1v) is 6.56. The van der Waals surface area contributed by atoms with Gasteiger partial charge in [-0.05, 0) is 47.8 Å². The highest BCUT2D eigenvalue weighted by Crippen LogP contribution is 2.06. The van der Waals surface area contributed by atoms with E-state index in [1.807, 2.05) is 0 Å². The van der Waals surface area contributed by atoms with Crippen LogP contribution in [-0.4, -0.2) is 6.54 Å². The van der Waals surface area contributed by atoms with Crippen LogP contribution in [0, 0.1) is 6.92 Å². The van der Waals surface area contributed by atoms with Gasteiger partial charge in [0.2, 0.25) is 0 Å². The van der Waals surface area contributed by atoms with E-state index in [-0.39, 0.29) is 0 Å². The summed E-state index contributed by atoms with van der Waals surface area (Å²) in [6.07, 6.45) is 1.10. The Bertz CT molecular complexity index is 420. The molecule has 16 heavy (non-hydrogen) atoms. The normalized spacial score (nSPS) is 10.6. The van der Waals surface area contributed by atoms with Crippen molar-refractivity contribution in [2.45, 2.75) is 19.9 Å². The Morgan fingerprint density at radius 2 is 2.12 bits per heavy atom. The summed E-state index contributed by atoms with van der Waals surface area (Å²) in [6.45, 7) is 4.16. The van der Waals surface area contributed by atoms with Crippen LogP contribution in [0.5, 0.6) is 0 Å². The highest BCUT2D eigenvalue weighted by molar-refractivity contribution is 7.07. The highest BCUT2D eigenvalue weighted by Gasteiger charge is 1.94. The number of aryl methyl sites for hydroxylation is 1. The zero-order valence-electron chi connectivity index (χ0n) is 9.57. The minimum atomic E-state index is 0.981. The van der Waals surface area contributed by atoms with Crippen molar-refractivity contribution in [3.63, 3.8) is 0 Å². The molecular formula is C14H17NS. The van der Waals surface area contributed by atoms with Crippen molar-refractivity contribution in [1.82, 2.24) is 5.32 Å². The van der Waals surface area contributed by atoms with Crippen molar-refractivity contribution in [3.8, 4) is 0 Å². The van der Waals surface area contributed by atoms with E-state index in [4.69, 9.17) is 0 Å². The Balaban J connectivity index is 1.72. The van der Waals surface area contributed by atoms with Gasteiger partial charge in [-0.25, -0.2) is 0 Å². The Labute approximate surface area is 101 Å². The molecule has 0 aliphatic heterocycles. The maximum Gasteiger partial charge on any atom is 0.0213 e. The Morgan fingerprint density at radius 3 is 2.88 bits per heavy atom. The van der Waals surface area contributed by atoms with Gasteiger partial charge < -0.3 is 5.32 Å². The SMILES string of the molecule is Cc1cccc(CCNCc2ccsc2)c1. The maximum atomic E-state index is 3.46. The van der Waals surface area contributed by atoms with E-state index in [1.54, 1.807) is 11.3 Å². The van der Waals surface area contributed by atoms with Gasteiger partial charge in [-0.1, -0.05) is 29.8 Å². The van der Waals surface area contributed by atoms with Crippen molar-refractivity contribution in [1.29, 1.82) is 0 Å². The fourth-order valence-electron chi connectivity index (χ4n) is 1.73. The van der Waals surface area contributed by atoms with E-state index in [0.717, 1.165) is 19.5 Å². The van der Waals surface area contributed by atoms with Gasteiger partial charge in [-0.15, -0.1) is 0 Å². The molecule has 0 unspecified atom stereocenters. The van der Waals surface area contributed by atoms with Crippen molar-refractivity contribution in [2.75, 3.05) is 6.54 Å². The quantitative estimate of drug-likeness (QED) is 0.778. The minimum absolute atomic E-state index is 0.981. The van der Waals surface area contributed by atoms with E-state index in [1.165, 1.54) is 16.7 Å². The summed E-state index contributed by atoms with van der Waals surface area (Å²) < 4.78 is 0. The number of thiophene rings is 1. The average molecular weight is 231 g/mol. The summed E-state index contributed by atoms with van der Waals surface area (Å²) in [6, 6.07) is 10.9. The molecule has 0 spiro atoms. The molecule has 0 saturated heterocycles. The van der Waals surface area contributed by atoms with Crippen LogP contribution in [0.4, 0.5) is 0 Å². The Hall–Kier alpha value is -1.12. The van der Waals surface area contributed by atoms with Crippen molar-refractivity contribution in [3.05, 3.63) is 57.8 Å². The first-order chi connectivity index (χ1) is 7.84. The van der Waals surface area contributed by atoms with Crippen molar-refractivity contribution in [2.24, 2.45) is 0 Å². The van der Waals surface area contributed by atoms with Crippen LogP contribution in [0.2, 0.25) is 0 Å². The van der Waals surface area contributed by atoms with Crippen LogP contribution in [0.25, 0.3) is 0 Å². The molecule has 0 atom stereocenters. The zero-order valence-corrected chi connectivity index (χ0v) is 10.4. The molecule has 1 N–H and O–H groups in total. The fourth-order valence-corrected chi connectivity index (χ4v) is 2.39. The van der Waals surface area contributed by atoms with Crippen LogP contribution < -0.4 is 5.32 Å². The molecule has 2 aromatic rings. The van der Waals surface area contributed by atoms with Gasteiger partial charge >= 0.3 is 0 Å². The smallest absolute Gasteiger partial charge is 0.0213 e. The van der Waals surface area contributed by atoms with Gasteiger partial charge in [-0.3, -0.25) is 0 Å². The minimum Gasteiger partial charge on any atom is -0.312 e. The second-order valence-corrected chi connectivity index (χ2v) is 4.83. The molecule has 0 amide bonds.